The average molecular weight is 312 g/mol. The second-order valence-electron chi connectivity index (χ2n) is 4.42. The molecule has 0 unspecified atom stereocenters. The number of ether oxygens (including phenoxy) is 1. The van der Waals surface area contributed by atoms with Crippen molar-refractivity contribution in [1.29, 1.82) is 0 Å². The van der Waals surface area contributed by atoms with Gasteiger partial charge in [-0.3, -0.25) is 0 Å². The lowest BCUT2D eigenvalue weighted by Crippen LogP contribution is -2.30. The molecule has 0 saturated heterocycles. The third-order valence-electron chi connectivity index (χ3n) is 2.94. The molecule has 21 heavy (non-hydrogen) atoms. The molecule has 0 amide bonds. The predicted molar refractivity (Wildman–Crippen MR) is 85.1 cm³/mol. The number of nitrogens with zero attached hydrogens (tertiary/aromatic N) is 1. The molecular formula is C15H24N2O3S. The molecule has 1 aromatic carbocycles. The first-order valence-electron chi connectivity index (χ1n) is 7.10. The highest BCUT2D eigenvalue weighted by molar-refractivity contribution is 7.89. The Morgan fingerprint density at radius 3 is 2.48 bits per heavy atom. The van der Waals surface area contributed by atoms with E-state index >= 15 is 0 Å². The summed E-state index contributed by atoms with van der Waals surface area (Å²) in [6, 6.07) is 6.51. The fourth-order valence-electron chi connectivity index (χ4n) is 1.82. The van der Waals surface area contributed by atoms with Gasteiger partial charge in [-0.25, -0.2) is 8.42 Å². The SMILES string of the molecule is C=CCN(CC)S(=O)(=O)c1ccc(OCCNCC)cc1. The van der Waals surface area contributed by atoms with Gasteiger partial charge in [0.1, 0.15) is 12.4 Å². The molecule has 0 saturated carbocycles. The van der Waals surface area contributed by atoms with E-state index in [2.05, 4.69) is 11.9 Å². The molecule has 6 heteroatoms. The van der Waals surface area contributed by atoms with Crippen LogP contribution >= 0.6 is 0 Å². The summed E-state index contributed by atoms with van der Waals surface area (Å²) < 4.78 is 31.7. The largest absolute Gasteiger partial charge is 0.492 e. The normalized spacial score (nSPS) is 11.6. The van der Waals surface area contributed by atoms with Crippen LogP contribution in [0.4, 0.5) is 0 Å². The van der Waals surface area contributed by atoms with Crippen molar-refractivity contribution in [3.8, 4) is 5.75 Å². The third kappa shape index (κ3) is 5.15. The van der Waals surface area contributed by atoms with E-state index in [1.807, 2.05) is 6.92 Å². The van der Waals surface area contributed by atoms with Crippen LogP contribution in [0.5, 0.6) is 5.75 Å². The topological polar surface area (TPSA) is 58.6 Å². The second-order valence-corrected chi connectivity index (χ2v) is 6.36. The molecule has 0 aliphatic rings. The van der Waals surface area contributed by atoms with Gasteiger partial charge in [0.15, 0.2) is 0 Å². The highest BCUT2D eigenvalue weighted by Gasteiger charge is 2.21. The number of rotatable bonds is 10. The first-order valence-corrected chi connectivity index (χ1v) is 8.54. The summed E-state index contributed by atoms with van der Waals surface area (Å²) in [6.07, 6.45) is 1.58. The Labute approximate surface area is 127 Å². The summed E-state index contributed by atoms with van der Waals surface area (Å²) in [7, 11) is -3.46. The van der Waals surface area contributed by atoms with Gasteiger partial charge in [-0.2, -0.15) is 4.31 Å². The molecule has 0 atom stereocenters. The third-order valence-corrected chi connectivity index (χ3v) is 4.90. The van der Waals surface area contributed by atoms with E-state index in [0.717, 1.165) is 13.1 Å². The van der Waals surface area contributed by atoms with Crippen LogP contribution in [0.2, 0.25) is 0 Å². The van der Waals surface area contributed by atoms with Crippen molar-refractivity contribution in [2.24, 2.45) is 0 Å². The molecule has 1 rings (SSSR count). The zero-order chi connectivity index (χ0) is 15.7. The number of likely N-dealkylation sites (N-methyl/N-ethyl adjacent to an activating group) is 2. The Morgan fingerprint density at radius 2 is 1.95 bits per heavy atom. The maximum Gasteiger partial charge on any atom is 0.243 e. The Bertz CT molecular complexity index is 526. The van der Waals surface area contributed by atoms with Crippen molar-refractivity contribution in [2.45, 2.75) is 18.7 Å². The highest BCUT2D eigenvalue weighted by atomic mass is 32.2. The van der Waals surface area contributed by atoms with Gasteiger partial charge in [0.25, 0.3) is 0 Å². The van der Waals surface area contributed by atoms with E-state index < -0.39 is 10.0 Å². The van der Waals surface area contributed by atoms with Gasteiger partial charge in [0, 0.05) is 19.6 Å². The number of hydrogen-bond donors (Lipinski definition) is 1. The van der Waals surface area contributed by atoms with Gasteiger partial charge in [-0.1, -0.05) is 19.9 Å². The minimum absolute atomic E-state index is 0.269. The first kappa shape index (κ1) is 17.7. The van der Waals surface area contributed by atoms with Gasteiger partial charge < -0.3 is 10.1 Å². The second kappa shape index (κ2) is 8.81. The molecular weight excluding hydrogens is 288 g/mol. The first-order chi connectivity index (χ1) is 10.1. The Morgan fingerprint density at radius 1 is 1.29 bits per heavy atom. The van der Waals surface area contributed by atoms with E-state index in [4.69, 9.17) is 4.74 Å². The summed E-state index contributed by atoms with van der Waals surface area (Å²) >= 11 is 0. The standard InChI is InChI=1S/C15H24N2O3S/c1-4-12-17(6-3)21(18,19)15-9-7-14(8-10-15)20-13-11-16-5-2/h4,7-10,16H,1,5-6,11-13H2,2-3H3. The fraction of sp³-hybridized carbons (Fsp3) is 0.467. The van der Waals surface area contributed by atoms with E-state index in [-0.39, 0.29) is 4.90 Å². The lowest BCUT2D eigenvalue weighted by atomic mass is 10.3. The van der Waals surface area contributed by atoms with Gasteiger partial charge in [0.05, 0.1) is 4.90 Å². The van der Waals surface area contributed by atoms with Gasteiger partial charge in [-0.15, -0.1) is 6.58 Å². The van der Waals surface area contributed by atoms with E-state index in [9.17, 15) is 8.42 Å². The number of benzene rings is 1. The van der Waals surface area contributed by atoms with Crippen LogP contribution in [0.25, 0.3) is 0 Å². The Hall–Kier alpha value is -1.37. The molecule has 0 bridgehead atoms. The van der Waals surface area contributed by atoms with Gasteiger partial charge in [-0.05, 0) is 30.8 Å². The fourth-order valence-corrected chi connectivity index (χ4v) is 3.24. The zero-order valence-electron chi connectivity index (χ0n) is 12.7. The summed E-state index contributed by atoms with van der Waals surface area (Å²) in [5.74, 6) is 0.665. The summed E-state index contributed by atoms with van der Waals surface area (Å²) in [4.78, 5) is 0.269. The van der Waals surface area contributed by atoms with Crippen molar-refractivity contribution >= 4 is 10.0 Å². The number of hydrogen-bond acceptors (Lipinski definition) is 4. The molecule has 1 aromatic rings. The van der Waals surface area contributed by atoms with Crippen molar-refractivity contribution < 1.29 is 13.2 Å². The highest BCUT2D eigenvalue weighted by Crippen LogP contribution is 2.19. The molecule has 5 nitrogen and oxygen atoms in total. The summed E-state index contributed by atoms with van der Waals surface area (Å²) in [5, 5.41) is 3.15. The lowest BCUT2D eigenvalue weighted by molar-refractivity contribution is 0.315. The summed E-state index contributed by atoms with van der Waals surface area (Å²) in [5.41, 5.74) is 0. The molecule has 0 aliphatic heterocycles. The maximum absolute atomic E-state index is 12.4. The van der Waals surface area contributed by atoms with E-state index in [1.165, 1.54) is 4.31 Å². The van der Waals surface area contributed by atoms with Crippen LogP contribution in [0, 0.1) is 0 Å². The van der Waals surface area contributed by atoms with Crippen LogP contribution in [-0.4, -0.2) is 45.5 Å². The predicted octanol–water partition coefficient (Wildman–Crippen LogP) is 1.87. The minimum atomic E-state index is -3.46. The van der Waals surface area contributed by atoms with Gasteiger partial charge >= 0.3 is 0 Å². The molecule has 0 radical (unpaired) electrons. The van der Waals surface area contributed by atoms with Crippen molar-refractivity contribution in [1.82, 2.24) is 9.62 Å². The van der Waals surface area contributed by atoms with Crippen molar-refractivity contribution in [3.05, 3.63) is 36.9 Å². The van der Waals surface area contributed by atoms with Crippen molar-refractivity contribution in [2.75, 3.05) is 32.8 Å². The van der Waals surface area contributed by atoms with E-state index in [1.54, 1.807) is 37.3 Å². The van der Waals surface area contributed by atoms with Crippen LogP contribution in [-0.2, 0) is 10.0 Å². The maximum atomic E-state index is 12.4. The van der Waals surface area contributed by atoms with Crippen LogP contribution < -0.4 is 10.1 Å². The quantitative estimate of drug-likeness (QED) is 0.529. The van der Waals surface area contributed by atoms with Crippen molar-refractivity contribution in [3.63, 3.8) is 0 Å². The minimum Gasteiger partial charge on any atom is -0.492 e. The molecule has 0 fully saturated rings. The molecule has 0 heterocycles. The monoisotopic (exact) mass is 312 g/mol. The molecule has 0 spiro atoms. The van der Waals surface area contributed by atoms with Crippen LogP contribution in [0.15, 0.2) is 41.8 Å². The van der Waals surface area contributed by atoms with Gasteiger partial charge in [0.2, 0.25) is 10.0 Å². The average Bonchev–Trinajstić information content (AvgIpc) is 2.49. The molecule has 1 N–H and O–H groups in total. The number of nitrogens with one attached hydrogen (secondary N) is 1. The molecule has 0 aliphatic carbocycles. The number of sulfonamides is 1. The van der Waals surface area contributed by atoms with Crippen LogP contribution in [0.1, 0.15) is 13.8 Å². The zero-order valence-corrected chi connectivity index (χ0v) is 13.5. The smallest absolute Gasteiger partial charge is 0.243 e. The molecule has 118 valence electrons. The Balaban J connectivity index is 2.74. The Kier molecular flexibility index (Phi) is 7.42. The van der Waals surface area contributed by atoms with E-state index in [0.29, 0.717) is 25.4 Å². The summed E-state index contributed by atoms with van der Waals surface area (Å²) in [6.45, 7) is 10.4. The lowest BCUT2D eigenvalue weighted by Gasteiger charge is -2.18. The van der Waals surface area contributed by atoms with Crippen LogP contribution in [0.3, 0.4) is 0 Å². The molecule has 0 aromatic heterocycles.